The highest BCUT2D eigenvalue weighted by Gasteiger charge is 2.27. The lowest BCUT2D eigenvalue weighted by Gasteiger charge is -2.19. The van der Waals surface area contributed by atoms with Crippen molar-refractivity contribution < 1.29 is 30.4 Å². The summed E-state index contributed by atoms with van der Waals surface area (Å²) in [6.07, 6.45) is 0. The summed E-state index contributed by atoms with van der Waals surface area (Å²) in [6, 6.07) is 7.76. The highest BCUT2D eigenvalue weighted by Crippen LogP contribution is 2.28. The van der Waals surface area contributed by atoms with E-state index >= 15 is 0 Å². The summed E-state index contributed by atoms with van der Waals surface area (Å²) in [5, 5.41) is 2.53. The van der Waals surface area contributed by atoms with Gasteiger partial charge in [0.1, 0.15) is 0 Å². The third-order valence-electron chi connectivity index (χ3n) is 4.21. The van der Waals surface area contributed by atoms with Crippen molar-refractivity contribution in [3.8, 4) is 0 Å². The van der Waals surface area contributed by atoms with E-state index in [2.05, 4.69) is 5.32 Å². The van der Waals surface area contributed by atoms with Gasteiger partial charge in [0.2, 0.25) is 19.9 Å². The molecule has 0 spiro atoms. The predicted octanol–water partition coefficient (Wildman–Crippen LogP) is 3.62. The fraction of sp³-hybridized carbons (Fsp3) is 0.278. The van der Waals surface area contributed by atoms with Crippen LogP contribution in [0.15, 0.2) is 52.3 Å². The molecule has 1 amide bonds. The summed E-state index contributed by atoms with van der Waals surface area (Å²) in [5.74, 6) is -4.30. The van der Waals surface area contributed by atoms with E-state index in [-0.39, 0.29) is 34.3 Å². The molecular weight excluding hydrogens is 462 g/mol. The number of rotatable bonds is 8. The van der Waals surface area contributed by atoms with Crippen molar-refractivity contribution in [2.45, 2.75) is 29.4 Å². The zero-order valence-electron chi connectivity index (χ0n) is 16.0. The van der Waals surface area contributed by atoms with Gasteiger partial charge in [-0.05, 0) is 42.5 Å². The molecule has 30 heavy (non-hydrogen) atoms. The van der Waals surface area contributed by atoms with E-state index in [9.17, 15) is 30.4 Å². The molecule has 12 heteroatoms. The Kier molecular flexibility index (Phi) is 7.56. The second-order valence-corrected chi connectivity index (χ2v) is 10.3. The topological polar surface area (TPSA) is 101 Å². The highest BCUT2D eigenvalue weighted by molar-refractivity contribution is 7.91. The van der Waals surface area contributed by atoms with Crippen molar-refractivity contribution in [3.63, 3.8) is 0 Å². The minimum atomic E-state index is -4.78. The number of amides is 1. The van der Waals surface area contributed by atoms with E-state index in [0.717, 1.165) is 24.3 Å². The van der Waals surface area contributed by atoms with Crippen LogP contribution in [0.5, 0.6) is 0 Å². The molecule has 2 rings (SSSR count). The van der Waals surface area contributed by atoms with Crippen molar-refractivity contribution in [2.75, 3.05) is 18.4 Å². The molecule has 2 aromatic rings. The molecule has 0 heterocycles. The lowest BCUT2D eigenvalue weighted by Crippen LogP contribution is -2.30. The maximum absolute atomic E-state index is 12.7. The first-order valence-corrected chi connectivity index (χ1v) is 12.0. The zero-order chi connectivity index (χ0) is 22.7. The van der Waals surface area contributed by atoms with Crippen molar-refractivity contribution in [1.29, 1.82) is 0 Å². The third-order valence-corrected chi connectivity index (χ3v) is 7.98. The maximum atomic E-state index is 12.7. The molecule has 0 aliphatic carbocycles. The second kappa shape index (κ2) is 9.38. The zero-order valence-corrected chi connectivity index (χ0v) is 18.4. The first kappa shape index (κ1) is 24.2. The van der Waals surface area contributed by atoms with Crippen LogP contribution in [-0.4, -0.2) is 45.9 Å². The smallest absolute Gasteiger partial charge is 0.321 e. The monoisotopic (exact) mass is 480 g/mol. The van der Waals surface area contributed by atoms with Gasteiger partial charge in [0.15, 0.2) is 0 Å². The van der Waals surface area contributed by atoms with E-state index in [1.165, 1.54) is 22.5 Å². The van der Waals surface area contributed by atoms with Gasteiger partial charge in [-0.15, -0.1) is 0 Å². The van der Waals surface area contributed by atoms with Crippen molar-refractivity contribution >= 4 is 43.1 Å². The Morgan fingerprint density at radius 2 is 1.53 bits per heavy atom. The van der Waals surface area contributed by atoms with Gasteiger partial charge in [-0.25, -0.2) is 16.8 Å². The SMILES string of the molecule is CCN(CC)S(=O)(=O)c1ccc(Cl)c(NC(=O)c2ccc(S(=O)(=O)C(F)F)cc2)c1. The number of anilines is 1. The number of nitrogens with zero attached hydrogens (tertiary/aromatic N) is 1. The van der Waals surface area contributed by atoms with Crippen LogP contribution in [0.1, 0.15) is 24.2 Å². The van der Waals surface area contributed by atoms with Gasteiger partial charge < -0.3 is 5.32 Å². The van der Waals surface area contributed by atoms with Gasteiger partial charge in [-0.3, -0.25) is 4.79 Å². The summed E-state index contributed by atoms with van der Waals surface area (Å²) in [6.45, 7) is 3.91. The fourth-order valence-corrected chi connectivity index (χ4v) is 4.94. The lowest BCUT2D eigenvalue weighted by molar-refractivity contribution is 0.102. The van der Waals surface area contributed by atoms with Crippen LogP contribution in [0.3, 0.4) is 0 Å². The first-order valence-electron chi connectivity index (χ1n) is 8.68. The number of sulfone groups is 1. The molecule has 164 valence electrons. The van der Waals surface area contributed by atoms with Crippen molar-refractivity contribution in [1.82, 2.24) is 4.31 Å². The molecule has 0 aliphatic rings. The number of benzene rings is 2. The summed E-state index contributed by atoms with van der Waals surface area (Å²) in [7, 11) is -8.56. The average Bonchev–Trinajstić information content (AvgIpc) is 2.70. The summed E-state index contributed by atoms with van der Waals surface area (Å²) in [5.41, 5.74) is -0.00420. The third kappa shape index (κ3) is 4.97. The predicted molar refractivity (Wildman–Crippen MR) is 109 cm³/mol. The molecule has 0 saturated carbocycles. The number of carbonyl (C=O) groups excluding carboxylic acids is 1. The Hall–Kier alpha value is -2.08. The number of hydrogen-bond acceptors (Lipinski definition) is 5. The van der Waals surface area contributed by atoms with Crippen molar-refractivity contribution in [2.24, 2.45) is 0 Å². The van der Waals surface area contributed by atoms with E-state index in [1.807, 2.05) is 0 Å². The summed E-state index contributed by atoms with van der Waals surface area (Å²) in [4.78, 5) is 11.8. The maximum Gasteiger partial charge on any atom is 0.341 e. The van der Waals surface area contributed by atoms with Gasteiger partial charge >= 0.3 is 5.76 Å². The van der Waals surface area contributed by atoms with Crippen LogP contribution in [0, 0.1) is 0 Å². The summed E-state index contributed by atoms with van der Waals surface area (Å²) < 4.78 is 74.7. The molecule has 2 aromatic carbocycles. The van der Waals surface area contributed by atoms with Gasteiger partial charge in [0.05, 0.1) is 20.5 Å². The number of sulfonamides is 1. The number of carbonyl (C=O) groups is 1. The van der Waals surface area contributed by atoms with Crippen LogP contribution < -0.4 is 5.32 Å². The molecule has 0 bridgehead atoms. The summed E-state index contributed by atoms with van der Waals surface area (Å²) >= 11 is 6.06. The number of hydrogen-bond donors (Lipinski definition) is 1. The molecule has 0 atom stereocenters. The second-order valence-electron chi connectivity index (χ2n) is 6.02. The van der Waals surface area contributed by atoms with Gasteiger partial charge in [0, 0.05) is 18.7 Å². The van der Waals surface area contributed by atoms with Gasteiger partial charge in [-0.1, -0.05) is 25.4 Å². The van der Waals surface area contributed by atoms with Crippen LogP contribution in [-0.2, 0) is 19.9 Å². The molecule has 0 saturated heterocycles. The minimum Gasteiger partial charge on any atom is -0.321 e. The fourth-order valence-electron chi connectivity index (χ4n) is 2.57. The Morgan fingerprint density at radius 3 is 2.03 bits per heavy atom. The number of alkyl halides is 2. The normalized spacial score (nSPS) is 12.4. The van der Waals surface area contributed by atoms with E-state index in [1.54, 1.807) is 13.8 Å². The lowest BCUT2D eigenvalue weighted by atomic mass is 10.2. The molecule has 0 radical (unpaired) electrons. The average molecular weight is 481 g/mol. The minimum absolute atomic E-state index is 0.0270. The highest BCUT2D eigenvalue weighted by atomic mass is 35.5. The Labute approximate surface area is 178 Å². The van der Waals surface area contributed by atoms with Gasteiger partial charge in [0.25, 0.3) is 5.91 Å². The largest absolute Gasteiger partial charge is 0.341 e. The Bertz CT molecular complexity index is 1130. The molecular formula is C18H19ClF2N2O5S2. The number of nitrogens with one attached hydrogen (secondary N) is 1. The van der Waals surface area contributed by atoms with Crippen LogP contribution in [0.4, 0.5) is 14.5 Å². The van der Waals surface area contributed by atoms with E-state index < -0.39 is 36.4 Å². The standard InChI is InChI=1S/C18H19ClF2N2O5S2/c1-3-23(4-2)30(27,28)14-9-10-15(19)16(11-14)22-17(24)12-5-7-13(8-6-12)29(25,26)18(20)21/h5-11,18H,3-4H2,1-2H3,(H,22,24). The van der Waals surface area contributed by atoms with E-state index in [0.29, 0.717) is 0 Å². The van der Waals surface area contributed by atoms with Crippen molar-refractivity contribution in [3.05, 3.63) is 53.1 Å². The molecule has 0 unspecified atom stereocenters. The van der Waals surface area contributed by atoms with E-state index in [4.69, 9.17) is 11.6 Å². The quantitative estimate of drug-likeness (QED) is 0.622. The van der Waals surface area contributed by atoms with Gasteiger partial charge in [-0.2, -0.15) is 13.1 Å². The van der Waals surface area contributed by atoms with Crippen LogP contribution in [0.25, 0.3) is 0 Å². The molecule has 7 nitrogen and oxygen atoms in total. The van der Waals surface area contributed by atoms with Crippen LogP contribution in [0.2, 0.25) is 5.02 Å². The Morgan fingerprint density at radius 1 is 1.00 bits per heavy atom. The molecule has 0 fully saturated rings. The number of halogens is 3. The molecule has 1 N–H and O–H groups in total. The first-order chi connectivity index (χ1) is 13.9. The van der Waals surface area contributed by atoms with Crippen LogP contribution >= 0.6 is 11.6 Å². The molecule has 0 aliphatic heterocycles. The molecule has 0 aromatic heterocycles. The Balaban J connectivity index is 2.31.